The van der Waals surface area contributed by atoms with Crippen LogP contribution in [0.4, 0.5) is 0 Å². The van der Waals surface area contributed by atoms with Gasteiger partial charge in [-0.05, 0) is 40.5 Å². The van der Waals surface area contributed by atoms with Crippen LogP contribution < -0.4 is 20.1 Å². The molecule has 0 aliphatic heterocycles. The first kappa shape index (κ1) is 20.1. The Morgan fingerprint density at radius 3 is 2.50 bits per heavy atom. The summed E-state index contributed by atoms with van der Waals surface area (Å²) in [7, 11) is 6.62. The lowest BCUT2D eigenvalue weighted by atomic mass is 10.2. The fraction of sp³-hybridized carbons (Fsp3) is 0.500. The van der Waals surface area contributed by atoms with E-state index in [9.17, 15) is 4.79 Å². The van der Waals surface area contributed by atoms with Gasteiger partial charge in [0.15, 0.2) is 17.5 Å². The fourth-order valence-corrected chi connectivity index (χ4v) is 2.54. The molecule has 0 saturated carbocycles. The molecule has 0 heterocycles. The van der Waals surface area contributed by atoms with E-state index < -0.39 is 0 Å². The highest BCUT2D eigenvalue weighted by atomic mass is 79.9. The van der Waals surface area contributed by atoms with E-state index in [0.717, 1.165) is 10.0 Å². The van der Waals surface area contributed by atoms with E-state index in [1.807, 2.05) is 19.1 Å². The number of carbonyl (C=O) groups excluding carboxylic acids is 1. The summed E-state index contributed by atoms with van der Waals surface area (Å²) in [4.78, 5) is 17.7. The monoisotopic (exact) mass is 400 g/mol. The number of benzene rings is 1. The van der Waals surface area contributed by atoms with Crippen LogP contribution >= 0.6 is 15.9 Å². The Morgan fingerprint density at radius 1 is 1.25 bits per heavy atom. The molecule has 0 aliphatic rings. The van der Waals surface area contributed by atoms with Crippen molar-refractivity contribution in [3.8, 4) is 11.5 Å². The highest BCUT2D eigenvalue weighted by Crippen LogP contribution is 2.36. The second-order valence-electron chi connectivity index (χ2n) is 5.15. The number of aliphatic imine (C=N–C) groups is 1. The first-order valence-corrected chi connectivity index (χ1v) is 8.34. The Hall–Kier alpha value is -1.96. The average Bonchev–Trinajstić information content (AvgIpc) is 2.56. The first-order chi connectivity index (χ1) is 11.4. The molecule has 0 fully saturated rings. The molecule has 24 heavy (non-hydrogen) atoms. The molecule has 0 bridgehead atoms. The molecular formula is C16H25BrN4O3. The zero-order chi connectivity index (χ0) is 18.1. The standard InChI is InChI=1S/C16H25BrN4O3/c1-6-18-16(20-10-14(22)21(2)3)19-9-11-7-12(17)15(24-5)13(8-11)23-4/h7-8H,6,9-10H2,1-5H3,(H2,18,19,20). The maximum absolute atomic E-state index is 11.7. The van der Waals surface area contributed by atoms with E-state index in [1.54, 1.807) is 28.3 Å². The van der Waals surface area contributed by atoms with Crippen LogP contribution in [0.1, 0.15) is 12.5 Å². The zero-order valence-corrected chi connectivity index (χ0v) is 16.4. The minimum absolute atomic E-state index is 0.0190. The molecule has 1 rings (SSSR count). The molecule has 0 aliphatic carbocycles. The van der Waals surface area contributed by atoms with E-state index in [-0.39, 0.29) is 12.5 Å². The van der Waals surface area contributed by atoms with Crippen LogP contribution in [0.15, 0.2) is 21.6 Å². The van der Waals surface area contributed by atoms with E-state index in [2.05, 4.69) is 31.6 Å². The summed E-state index contributed by atoms with van der Waals surface area (Å²) in [5, 5.41) is 6.13. The fourth-order valence-electron chi connectivity index (χ4n) is 1.89. The van der Waals surface area contributed by atoms with Gasteiger partial charge < -0.3 is 25.0 Å². The van der Waals surface area contributed by atoms with Crippen molar-refractivity contribution >= 4 is 27.8 Å². The quantitative estimate of drug-likeness (QED) is 0.537. The number of likely N-dealkylation sites (N-methyl/N-ethyl adjacent to an activating group) is 1. The minimum atomic E-state index is -0.0190. The van der Waals surface area contributed by atoms with Crippen molar-refractivity contribution in [3.05, 3.63) is 22.2 Å². The van der Waals surface area contributed by atoms with Crippen LogP contribution in [0, 0.1) is 0 Å². The molecule has 0 atom stereocenters. The van der Waals surface area contributed by atoms with Crippen LogP contribution in [0.2, 0.25) is 0 Å². The van der Waals surface area contributed by atoms with Crippen LogP contribution in [0.5, 0.6) is 11.5 Å². The molecule has 0 saturated heterocycles. The molecule has 0 radical (unpaired) electrons. The van der Waals surface area contributed by atoms with Crippen molar-refractivity contribution in [1.82, 2.24) is 15.5 Å². The van der Waals surface area contributed by atoms with Crippen molar-refractivity contribution < 1.29 is 14.3 Å². The number of ether oxygens (including phenoxy) is 2. The highest BCUT2D eigenvalue weighted by molar-refractivity contribution is 9.10. The molecular weight excluding hydrogens is 376 g/mol. The van der Waals surface area contributed by atoms with Crippen molar-refractivity contribution in [3.63, 3.8) is 0 Å². The number of halogens is 1. The number of carbonyl (C=O) groups is 1. The van der Waals surface area contributed by atoms with Gasteiger partial charge in [-0.1, -0.05) is 0 Å². The summed E-state index contributed by atoms with van der Waals surface area (Å²) < 4.78 is 11.4. The van der Waals surface area contributed by atoms with Crippen LogP contribution in [0.25, 0.3) is 0 Å². The van der Waals surface area contributed by atoms with Gasteiger partial charge in [0.25, 0.3) is 0 Å². The van der Waals surface area contributed by atoms with Crippen LogP contribution in [-0.2, 0) is 11.3 Å². The van der Waals surface area contributed by atoms with Crippen LogP contribution in [-0.4, -0.2) is 58.2 Å². The van der Waals surface area contributed by atoms with Gasteiger partial charge in [-0.25, -0.2) is 4.99 Å². The van der Waals surface area contributed by atoms with Crippen LogP contribution in [0.3, 0.4) is 0 Å². The number of hydrogen-bond donors (Lipinski definition) is 2. The summed E-state index contributed by atoms with van der Waals surface area (Å²) in [6, 6.07) is 3.81. The topological polar surface area (TPSA) is 75.2 Å². The molecule has 0 unspecified atom stereocenters. The van der Waals surface area contributed by atoms with Gasteiger partial charge in [-0.2, -0.15) is 0 Å². The SMILES string of the molecule is CCNC(=NCc1cc(Br)c(OC)c(OC)c1)NCC(=O)N(C)C. The number of guanidine groups is 1. The molecule has 1 aromatic carbocycles. The van der Waals surface area contributed by atoms with Crippen molar-refractivity contribution in [2.75, 3.05) is 41.4 Å². The van der Waals surface area contributed by atoms with Gasteiger partial charge in [0.2, 0.25) is 5.91 Å². The Balaban J connectivity index is 2.85. The lowest BCUT2D eigenvalue weighted by molar-refractivity contribution is -0.127. The second-order valence-corrected chi connectivity index (χ2v) is 6.00. The molecule has 0 spiro atoms. The summed E-state index contributed by atoms with van der Waals surface area (Å²) in [6.07, 6.45) is 0. The lowest BCUT2D eigenvalue weighted by Crippen LogP contribution is -2.42. The van der Waals surface area contributed by atoms with Crippen molar-refractivity contribution in [1.29, 1.82) is 0 Å². The van der Waals surface area contributed by atoms with E-state index >= 15 is 0 Å². The number of rotatable bonds is 7. The van der Waals surface area contributed by atoms with Gasteiger partial charge >= 0.3 is 0 Å². The molecule has 134 valence electrons. The molecule has 7 nitrogen and oxygen atoms in total. The summed E-state index contributed by atoms with van der Waals surface area (Å²) >= 11 is 3.47. The predicted molar refractivity (Wildman–Crippen MR) is 98.8 cm³/mol. The Labute approximate surface area is 151 Å². The van der Waals surface area contributed by atoms with Gasteiger partial charge in [-0.15, -0.1) is 0 Å². The van der Waals surface area contributed by atoms with E-state index in [1.165, 1.54) is 4.90 Å². The minimum Gasteiger partial charge on any atom is -0.493 e. The maximum atomic E-state index is 11.7. The third kappa shape index (κ3) is 5.92. The van der Waals surface area contributed by atoms with Gasteiger partial charge in [0, 0.05) is 20.6 Å². The highest BCUT2D eigenvalue weighted by Gasteiger charge is 2.11. The average molecular weight is 401 g/mol. The Morgan fingerprint density at radius 2 is 1.96 bits per heavy atom. The zero-order valence-electron chi connectivity index (χ0n) is 14.8. The molecule has 1 aromatic rings. The Bertz CT molecular complexity index is 591. The summed E-state index contributed by atoms with van der Waals surface area (Å²) in [5.74, 6) is 1.85. The number of nitrogens with one attached hydrogen (secondary N) is 2. The van der Waals surface area contributed by atoms with Gasteiger partial charge in [0.1, 0.15) is 0 Å². The van der Waals surface area contributed by atoms with E-state index in [4.69, 9.17) is 9.47 Å². The maximum Gasteiger partial charge on any atom is 0.241 e. The molecule has 2 N–H and O–H groups in total. The van der Waals surface area contributed by atoms with E-state index in [0.29, 0.717) is 30.5 Å². The predicted octanol–water partition coefficient (Wildman–Crippen LogP) is 1.61. The van der Waals surface area contributed by atoms with Gasteiger partial charge in [0.05, 0.1) is 31.8 Å². The number of nitrogens with zero attached hydrogens (tertiary/aromatic N) is 2. The number of hydrogen-bond acceptors (Lipinski definition) is 4. The number of amides is 1. The smallest absolute Gasteiger partial charge is 0.241 e. The Kier molecular flexibility index (Phi) is 8.39. The summed E-state index contributed by atoms with van der Waals surface area (Å²) in [5.41, 5.74) is 0.954. The molecule has 8 heteroatoms. The number of methoxy groups -OCH3 is 2. The second kappa shape index (κ2) is 10.0. The first-order valence-electron chi connectivity index (χ1n) is 7.55. The largest absolute Gasteiger partial charge is 0.493 e. The normalized spacial score (nSPS) is 11.0. The molecule has 1 amide bonds. The third-order valence-corrected chi connectivity index (χ3v) is 3.75. The van der Waals surface area contributed by atoms with Crippen molar-refractivity contribution in [2.45, 2.75) is 13.5 Å². The summed E-state index contributed by atoms with van der Waals surface area (Å²) in [6.45, 7) is 3.30. The third-order valence-electron chi connectivity index (χ3n) is 3.16. The van der Waals surface area contributed by atoms with Gasteiger partial charge in [-0.3, -0.25) is 4.79 Å². The lowest BCUT2D eigenvalue weighted by Gasteiger charge is -2.14. The molecule has 0 aromatic heterocycles. The van der Waals surface area contributed by atoms with Crippen molar-refractivity contribution in [2.24, 2.45) is 4.99 Å².